The van der Waals surface area contributed by atoms with Crippen LogP contribution >= 0.6 is 12.9 Å². The van der Waals surface area contributed by atoms with Gasteiger partial charge in [-0.15, -0.1) is 0 Å². The number of ether oxygens (including phenoxy) is 2. The second-order valence-electron chi connectivity index (χ2n) is 3.64. The van der Waals surface area contributed by atoms with E-state index in [1.807, 2.05) is 0 Å². The highest BCUT2D eigenvalue weighted by Crippen LogP contribution is 2.21. The smallest absolute Gasteiger partial charge is 0.413 e. The van der Waals surface area contributed by atoms with Crippen molar-refractivity contribution in [3.63, 3.8) is 0 Å². The van der Waals surface area contributed by atoms with Crippen molar-refractivity contribution in [2.75, 3.05) is 14.2 Å². The molecule has 0 aliphatic heterocycles. The lowest BCUT2D eigenvalue weighted by Gasteiger charge is -2.11. The third kappa shape index (κ3) is 4.29. The first-order valence-corrected chi connectivity index (χ1v) is 5.97. The summed E-state index contributed by atoms with van der Waals surface area (Å²) >= 11 is 3.70. The average Bonchev–Trinajstić information content (AvgIpc) is 2.45. The first-order valence-electron chi connectivity index (χ1n) is 5.61. The highest BCUT2D eigenvalue weighted by atomic mass is 32.1. The number of nitrogens with one attached hydrogen (secondary N) is 1. The first kappa shape index (κ1) is 16.1. The molecule has 1 N–H and O–H groups in total. The number of alkyl carbamates (subject to hydrolysis) is 1. The number of carbonyl (C=O) groups is 2. The highest BCUT2D eigenvalue weighted by molar-refractivity contribution is 7.75. The fourth-order valence-electron chi connectivity index (χ4n) is 1.55. The van der Waals surface area contributed by atoms with E-state index < -0.39 is 12.0 Å². The van der Waals surface area contributed by atoms with Crippen LogP contribution in [0.1, 0.15) is 11.1 Å². The summed E-state index contributed by atoms with van der Waals surface area (Å²) < 4.78 is 14.1. The molecule has 0 saturated carbocycles. The summed E-state index contributed by atoms with van der Waals surface area (Å²) in [4.78, 5) is 23.2. The molecule has 0 bridgehead atoms. The van der Waals surface area contributed by atoms with Crippen LogP contribution in [0, 0.1) is 0 Å². The van der Waals surface area contributed by atoms with Gasteiger partial charge < -0.3 is 13.7 Å². The molecule has 0 aromatic heterocycles. The minimum Gasteiger partial charge on any atom is -0.504 e. The summed E-state index contributed by atoms with van der Waals surface area (Å²) in [5.41, 5.74) is 1.48. The standard InChI is InChI=1S/C13H15NO5S/c1-17-8-11(12(15)14-13(16)18-2)10-6-4-3-5-9(10)7-19-20/h3-6,8,20H,7H2,1-2H3,(H,14,15,16)/b11-8+. The predicted molar refractivity (Wildman–Crippen MR) is 75.8 cm³/mol. The molecule has 0 aliphatic rings. The van der Waals surface area contributed by atoms with Gasteiger partial charge in [0.05, 0.1) is 32.7 Å². The number of methoxy groups -OCH3 is 2. The molecular formula is C13H15NO5S. The van der Waals surface area contributed by atoms with E-state index in [1.165, 1.54) is 20.5 Å². The molecule has 0 atom stereocenters. The second kappa shape index (κ2) is 8.23. The van der Waals surface area contributed by atoms with Crippen LogP contribution in [0.2, 0.25) is 0 Å². The monoisotopic (exact) mass is 297 g/mol. The number of imide groups is 1. The van der Waals surface area contributed by atoms with Gasteiger partial charge in [0.1, 0.15) is 0 Å². The largest absolute Gasteiger partial charge is 0.504 e. The van der Waals surface area contributed by atoms with Gasteiger partial charge in [-0.3, -0.25) is 10.1 Å². The molecule has 0 unspecified atom stereocenters. The fraction of sp³-hybridized carbons (Fsp3) is 0.231. The maximum Gasteiger partial charge on any atom is 0.413 e. The van der Waals surface area contributed by atoms with Crippen LogP contribution in [0.4, 0.5) is 4.79 Å². The molecule has 0 spiro atoms. The van der Waals surface area contributed by atoms with Gasteiger partial charge in [0, 0.05) is 0 Å². The van der Waals surface area contributed by atoms with Gasteiger partial charge in [-0.2, -0.15) is 0 Å². The van der Waals surface area contributed by atoms with E-state index in [2.05, 4.69) is 23.0 Å². The average molecular weight is 297 g/mol. The van der Waals surface area contributed by atoms with Gasteiger partial charge in [-0.1, -0.05) is 24.3 Å². The molecule has 1 aromatic carbocycles. The van der Waals surface area contributed by atoms with Crippen molar-refractivity contribution in [1.29, 1.82) is 0 Å². The maximum absolute atomic E-state index is 12.0. The summed E-state index contributed by atoms with van der Waals surface area (Å²) in [6.45, 7) is 0.200. The van der Waals surface area contributed by atoms with Crippen LogP contribution in [0.3, 0.4) is 0 Å². The molecule has 108 valence electrons. The third-order valence-electron chi connectivity index (χ3n) is 2.41. The number of carbonyl (C=O) groups excluding carboxylic acids is 2. The molecule has 2 amide bonds. The van der Waals surface area contributed by atoms with E-state index in [-0.39, 0.29) is 12.2 Å². The minimum atomic E-state index is -0.847. The zero-order valence-corrected chi connectivity index (χ0v) is 12.0. The number of benzene rings is 1. The number of rotatable bonds is 5. The van der Waals surface area contributed by atoms with Gasteiger partial charge in [0.15, 0.2) is 0 Å². The molecule has 20 heavy (non-hydrogen) atoms. The SMILES string of the molecule is CO/C=C(/C(=O)NC(=O)OC)c1ccccc1COS. The highest BCUT2D eigenvalue weighted by Gasteiger charge is 2.18. The van der Waals surface area contributed by atoms with Gasteiger partial charge in [0.2, 0.25) is 0 Å². The molecule has 1 rings (SSSR count). The Balaban J connectivity index is 3.11. The molecule has 7 heteroatoms. The van der Waals surface area contributed by atoms with Crippen molar-refractivity contribution < 1.29 is 23.2 Å². The summed E-state index contributed by atoms with van der Waals surface area (Å²) in [7, 11) is 2.58. The molecular weight excluding hydrogens is 282 g/mol. The Morgan fingerprint density at radius 1 is 1.30 bits per heavy atom. The Labute approximate surface area is 122 Å². The zero-order valence-electron chi connectivity index (χ0n) is 11.1. The van der Waals surface area contributed by atoms with Crippen molar-refractivity contribution in [3.05, 3.63) is 41.7 Å². The van der Waals surface area contributed by atoms with Gasteiger partial charge in [-0.05, 0) is 24.0 Å². The Morgan fingerprint density at radius 3 is 2.60 bits per heavy atom. The van der Waals surface area contributed by atoms with Crippen LogP contribution < -0.4 is 5.32 Å². The number of hydrogen-bond donors (Lipinski definition) is 2. The number of hydrogen-bond acceptors (Lipinski definition) is 6. The zero-order chi connectivity index (χ0) is 15.0. The van der Waals surface area contributed by atoms with Crippen molar-refractivity contribution in [2.45, 2.75) is 6.61 Å². The third-order valence-corrected chi connectivity index (χ3v) is 2.54. The molecule has 0 fully saturated rings. The van der Waals surface area contributed by atoms with Gasteiger partial charge in [-0.25, -0.2) is 4.79 Å². The summed E-state index contributed by atoms with van der Waals surface area (Å²) in [6.07, 6.45) is 0.398. The van der Waals surface area contributed by atoms with Crippen molar-refractivity contribution >= 4 is 30.5 Å². The van der Waals surface area contributed by atoms with Crippen LogP contribution in [0.5, 0.6) is 0 Å². The predicted octanol–water partition coefficient (Wildman–Crippen LogP) is 1.92. The lowest BCUT2D eigenvalue weighted by atomic mass is 10.0. The maximum atomic E-state index is 12.0. The van der Waals surface area contributed by atoms with E-state index >= 15 is 0 Å². The Hall–Kier alpha value is -1.99. The molecule has 6 nitrogen and oxygen atoms in total. The fourth-order valence-corrected chi connectivity index (χ4v) is 1.69. The molecule has 0 heterocycles. The van der Waals surface area contributed by atoms with E-state index in [4.69, 9.17) is 8.92 Å². The quantitative estimate of drug-likeness (QED) is 0.376. The Bertz CT molecular complexity index is 515. The summed E-state index contributed by atoms with van der Waals surface area (Å²) in [6, 6.07) is 7.05. The van der Waals surface area contributed by atoms with Crippen LogP contribution in [0.15, 0.2) is 30.5 Å². The number of thiol groups is 1. The summed E-state index contributed by atoms with van der Waals surface area (Å²) in [5, 5.41) is 2.07. The molecule has 1 aromatic rings. The van der Waals surface area contributed by atoms with E-state index in [9.17, 15) is 9.59 Å². The Kier molecular flexibility index (Phi) is 6.61. The molecule has 0 radical (unpaired) electrons. The van der Waals surface area contributed by atoms with E-state index in [0.717, 1.165) is 5.56 Å². The van der Waals surface area contributed by atoms with E-state index in [0.29, 0.717) is 5.56 Å². The minimum absolute atomic E-state index is 0.180. The summed E-state index contributed by atoms with van der Waals surface area (Å²) in [5.74, 6) is -0.634. The van der Waals surface area contributed by atoms with Gasteiger partial charge >= 0.3 is 6.09 Å². The van der Waals surface area contributed by atoms with Crippen LogP contribution in [-0.2, 0) is 25.1 Å². The van der Waals surface area contributed by atoms with Crippen LogP contribution in [-0.4, -0.2) is 26.2 Å². The normalized spacial score (nSPS) is 10.8. The topological polar surface area (TPSA) is 73.9 Å². The van der Waals surface area contributed by atoms with Gasteiger partial charge in [0.25, 0.3) is 5.91 Å². The van der Waals surface area contributed by atoms with Crippen LogP contribution in [0.25, 0.3) is 5.57 Å². The Morgan fingerprint density at radius 2 is 2.00 bits per heavy atom. The first-order chi connectivity index (χ1) is 9.63. The lowest BCUT2D eigenvalue weighted by Crippen LogP contribution is -2.31. The van der Waals surface area contributed by atoms with E-state index in [1.54, 1.807) is 24.3 Å². The number of amides is 2. The van der Waals surface area contributed by atoms with Crippen molar-refractivity contribution in [2.24, 2.45) is 0 Å². The molecule has 0 saturated heterocycles. The van der Waals surface area contributed by atoms with Crippen molar-refractivity contribution in [1.82, 2.24) is 5.32 Å². The van der Waals surface area contributed by atoms with Crippen molar-refractivity contribution in [3.8, 4) is 0 Å². The molecule has 0 aliphatic carbocycles. The lowest BCUT2D eigenvalue weighted by molar-refractivity contribution is -0.115. The second-order valence-corrected chi connectivity index (χ2v) is 3.90.